The number of aromatic nitrogens is 1. The second kappa shape index (κ2) is 6.06. The first-order valence-electron chi connectivity index (χ1n) is 7.00. The lowest BCUT2D eigenvalue weighted by atomic mass is 9.92. The average molecular weight is 271 g/mol. The monoisotopic (exact) mass is 271 g/mol. The Balaban J connectivity index is 2.06. The molecule has 0 aromatic carbocycles. The van der Waals surface area contributed by atoms with E-state index in [4.69, 9.17) is 5.73 Å². The van der Waals surface area contributed by atoms with Crippen LogP contribution in [0.3, 0.4) is 0 Å². The molecular weight excluding hydrogens is 250 g/mol. The summed E-state index contributed by atoms with van der Waals surface area (Å²) >= 11 is 0. The van der Waals surface area contributed by atoms with Crippen LogP contribution >= 0.6 is 0 Å². The van der Waals surface area contributed by atoms with Crippen LogP contribution in [-0.2, 0) is 0 Å². The van der Waals surface area contributed by atoms with Gasteiger partial charge in [0.25, 0.3) is 5.91 Å². The smallest absolute Gasteiger partial charge is 0.252 e. The van der Waals surface area contributed by atoms with E-state index in [-0.39, 0.29) is 12.5 Å². The van der Waals surface area contributed by atoms with Crippen molar-refractivity contribution < 1.29 is 4.79 Å². The van der Waals surface area contributed by atoms with Crippen LogP contribution in [0.4, 0.5) is 0 Å². The first kappa shape index (κ1) is 14.5. The summed E-state index contributed by atoms with van der Waals surface area (Å²) in [7, 11) is 0. The van der Waals surface area contributed by atoms with Crippen LogP contribution < -0.4 is 11.1 Å². The van der Waals surface area contributed by atoms with Crippen molar-refractivity contribution in [3.8, 4) is 11.8 Å². The van der Waals surface area contributed by atoms with Crippen molar-refractivity contribution >= 4 is 5.91 Å². The molecule has 0 spiro atoms. The number of nitrogens with two attached hydrogens (primary N) is 1. The Morgan fingerprint density at radius 2 is 2.30 bits per heavy atom. The maximum absolute atomic E-state index is 12.3. The third-order valence-corrected chi connectivity index (χ3v) is 4.11. The predicted molar refractivity (Wildman–Crippen MR) is 79.0 cm³/mol. The SMILES string of the molecule is CC(C)C1(CNC(=O)c2ccncc2C#CCN)CC1. The van der Waals surface area contributed by atoms with Crippen LogP contribution in [0, 0.1) is 23.2 Å². The number of hydrogen-bond acceptors (Lipinski definition) is 3. The highest BCUT2D eigenvalue weighted by atomic mass is 16.1. The molecule has 4 heteroatoms. The van der Waals surface area contributed by atoms with Crippen LogP contribution in [0.2, 0.25) is 0 Å². The van der Waals surface area contributed by atoms with Gasteiger partial charge in [-0.05, 0) is 30.2 Å². The van der Waals surface area contributed by atoms with Crippen molar-refractivity contribution in [1.82, 2.24) is 10.3 Å². The van der Waals surface area contributed by atoms with E-state index in [1.165, 1.54) is 12.8 Å². The van der Waals surface area contributed by atoms with Gasteiger partial charge in [0.2, 0.25) is 0 Å². The van der Waals surface area contributed by atoms with Gasteiger partial charge < -0.3 is 11.1 Å². The molecule has 1 saturated carbocycles. The Hall–Kier alpha value is -1.86. The number of hydrogen-bond donors (Lipinski definition) is 2. The molecule has 2 rings (SSSR count). The van der Waals surface area contributed by atoms with Crippen LogP contribution in [-0.4, -0.2) is 24.0 Å². The molecule has 3 N–H and O–H groups in total. The lowest BCUT2D eigenvalue weighted by Crippen LogP contribution is -2.33. The molecule has 1 aliphatic carbocycles. The number of pyridine rings is 1. The fourth-order valence-electron chi connectivity index (χ4n) is 2.31. The summed E-state index contributed by atoms with van der Waals surface area (Å²) in [6.07, 6.45) is 5.60. The second-order valence-corrected chi connectivity index (χ2v) is 5.63. The molecule has 1 heterocycles. The highest BCUT2D eigenvalue weighted by Crippen LogP contribution is 2.51. The maximum atomic E-state index is 12.3. The van der Waals surface area contributed by atoms with Crippen molar-refractivity contribution in [3.05, 3.63) is 29.6 Å². The zero-order chi connectivity index (χ0) is 14.6. The zero-order valence-electron chi connectivity index (χ0n) is 12.1. The van der Waals surface area contributed by atoms with Crippen molar-refractivity contribution in [2.45, 2.75) is 26.7 Å². The Morgan fingerprint density at radius 3 is 2.90 bits per heavy atom. The van der Waals surface area contributed by atoms with Gasteiger partial charge in [-0.25, -0.2) is 0 Å². The van der Waals surface area contributed by atoms with Gasteiger partial charge in [-0.3, -0.25) is 9.78 Å². The van der Waals surface area contributed by atoms with E-state index in [0.29, 0.717) is 22.5 Å². The fraction of sp³-hybridized carbons (Fsp3) is 0.500. The van der Waals surface area contributed by atoms with Gasteiger partial charge in [-0.15, -0.1) is 0 Å². The van der Waals surface area contributed by atoms with Crippen LogP contribution in [0.5, 0.6) is 0 Å². The minimum absolute atomic E-state index is 0.0827. The standard InChI is InChI=1S/C16H21N3O/c1-12(2)16(6-7-16)11-19-15(20)14-5-9-18-10-13(14)4-3-8-17/h5,9-10,12H,6-8,11,17H2,1-2H3,(H,19,20). The van der Waals surface area contributed by atoms with Gasteiger partial charge in [0.05, 0.1) is 17.7 Å². The molecule has 0 aliphatic heterocycles. The normalized spacial score (nSPS) is 15.4. The van der Waals surface area contributed by atoms with Gasteiger partial charge in [-0.2, -0.15) is 0 Å². The Kier molecular flexibility index (Phi) is 4.41. The summed E-state index contributed by atoms with van der Waals surface area (Å²) in [5, 5.41) is 3.03. The summed E-state index contributed by atoms with van der Waals surface area (Å²) in [5.41, 5.74) is 6.86. The molecule has 20 heavy (non-hydrogen) atoms. The van der Waals surface area contributed by atoms with E-state index in [2.05, 4.69) is 36.0 Å². The summed E-state index contributed by atoms with van der Waals surface area (Å²) in [5.74, 6) is 6.16. The molecule has 0 bridgehead atoms. The van der Waals surface area contributed by atoms with Crippen molar-refractivity contribution in [3.63, 3.8) is 0 Å². The third kappa shape index (κ3) is 3.17. The first-order valence-corrected chi connectivity index (χ1v) is 7.00. The van der Waals surface area contributed by atoms with Gasteiger partial charge in [0.1, 0.15) is 0 Å². The molecule has 1 aromatic rings. The molecule has 1 fully saturated rings. The van der Waals surface area contributed by atoms with Crippen molar-refractivity contribution in [2.75, 3.05) is 13.1 Å². The largest absolute Gasteiger partial charge is 0.351 e. The average Bonchev–Trinajstić information content (AvgIpc) is 3.24. The number of rotatable bonds is 4. The third-order valence-electron chi connectivity index (χ3n) is 4.11. The minimum Gasteiger partial charge on any atom is -0.351 e. The van der Waals surface area contributed by atoms with Crippen LogP contribution in [0.25, 0.3) is 0 Å². The minimum atomic E-state index is -0.0827. The number of amides is 1. The zero-order valence-corrected chi connectivity index (χ0v) is 12.1. The first-order chi connectivity index (χ1) is 9.59. The highest BCUT2D eigenvalue weighted by molar-refractivity contribution is 5.96. The second-order valence-electron chi connectivity index (χ2n) is 5.63. The quantitative estimate of drug-likeness (QED) is 0.817. The van der Waals surface area contributed by atoms with E-state index >= 15 is 0 Å². The van der Waals surface area contributed by atoms with Gasteiger partial charge >= 0.3 is 0 Å². The molecule has 0 saturated heterocycles. The van der Waals surface area contributed by atoms with E-state index in [9.17, 15) is 4.79 Å². The van der Waals surface area contributed by atoms with Gasteiger partial charge in [0.15, 0.2) is 0 Å². The van der Waals surface area contributed by atoms with Gasteiger partial charge in [0, 0.05) is 18.9 Å². The summed E-state index contributed by atoms with van der Waals surface area (Å²) in [6, 6.07) is 1.70. The molecule has 0 atom stereocenters. The number of nitrogens with one attached hydrogen (secondary N) is 1. The lowest BCUT2D eigenvalue weighted by Gasteiger charge is -2.20. The Morgan fingerprint density at radius 1 is 1.55 bits per heavy atom. The lowest BCUT2D eigenvalue weighted by molar-refractivity contribution is 0.0939. The molecule has 4 nitrogen and oxygen atoms in total. The maximum Gasteiger partial charge on any atom is 0.252 e. The number of carbonyl (C=O) groups excluding carboxylic acids is 1. The van der Waals surface area contributed by atoms with E-state index < -0.39 is 0 Å². The molecule has 1 amide bonds. The molecule has 1 aliphatic rings. The summed E-state index contributed by atoms with van der Waals surface area (Å²) in [4.78, 5) is 16.3. The van der Waals surface area contributed by atoms with Gasteiger partial charge in [-0.1, -0.05) is 25.7 Å². The predicted octanol–water partition coefficient (Wildman–Crippen LogP) is 1.56. The molecule has 1 aromatic heterocycles. The summed E-state index contributed by atoms with van der Waals surface area (Å²) < 4.78 is 0. The molecule has 106 valence electrons. The topological polar surface area (TPSA) is 68.0 Å². The fourth-order valence-corrected chi connectivity index (χ4v) is 2.31. The van der Waals surface area contributed by atoms with Crippen LogP contribution in [0.15, 0.2) is 18.5 Å². The van der Waals surface area contributed by atoms with E-state index in [1.54, 1.807) is 18.5 Å². The van der Waals surface area contributed by atoms with Crippen molar-refractivity contribution in [1.29, 1.82) is 0 Å². The number of carbonyl (C=O) groups is 1. The van der Waals surface area contributed by atoms with Crippen LogP contribution in [0.1, 0.15) is 42.6 Å². The molecular formula is C16H21N3O. The van der Waals surface area contributed by atoms with Crippen molar-refractivity contribution in [2.24, 2.45) is 17.1 Å². The molecule has 0 unspecified atom stereocenters. The molecule has 0 radical (unpaired) electrons. The Labute approximate surface area is 120 Å². The van der Waals surface area contributed by atoms with E-state index in [1.807, 2.05) is 0 Å². The highest BCUT2D eigenvalue weighted by Gasteiger charge is 2.45. The Bertz CT molecular complexity index is 550. The van der Waals surface area contributed by atoms with E-state index in [0.717, 1.165) is 6.54 Å². The number of nitrogens with zero attached hydrogens (tertiary/aromatic N) is 1. The summed E-state index contributed by atoms with van der Waals surface area (Å²) in [6.45, 7) is 5.43.